The van der Waals surface area contributed by atoms with Gasteiger partial charge in [-0.1, -0.05) is 30.4 Å². The molecule has 1 saturated carbocycles. The molecule has 1 aliphatic heterocycles. The largest absolute Gasteiger partial charge is 0.274 e. The van der Waals surface area contributed by atoms with Gasteiger partial charge in [0.2, 0.25) is 11.8 Å². The van der Waals surface area contributed by atoms with Crippen LogP contribution in [0.4, 0.5) is 17.1 Å². The molecule has 3 aliphatic carbocycles. The summed E-state index contributed by atoms with van der Waals surface area (Å²) in [6.07, 6.45) is 6.29. The summed E-state index contributed by atoms with van der Waals surface area (Å²) in [5.74, 6) is -0.0522. The van der Waals surface area contributed by atoms with E-state index in [1.54, 1.807) is 24.3 Å². The van der Waals surface area contributed by atoms with E-state index in [0.29, 0.717) is 11.4 Å². The van der Waals surface area contributed by atoms with Crippen LogP contribution in [0, 0.1) is 23.7 Å². The number of benzene rings is 2. The highest BCUT2D eigenvalue weighted by molar-refractivity contribution is 6.22. The Kier molecular flexibility index (Phi) is 3.74. The van der Waals surface area contributed by atoms with E-state index < -0.39 is 0 Å². The number of anilines is 1. The number of hydrogen-bond donors (Lipinski definition) is 0. The Bertz CT molecular complexity index is 917. The van der Waals surface area contributed by atoms with E-state index in [1.807, 2.05) is 30.3 Å². The van der Waals surface area contributed by atoms with Crippen LogP contribution >= 0.6 is 0 Å². The van der Waals surface area contributed by atoms with Crippen molar-refractivity contribution in [2.45, 2.75) is 12.8 Å². The fourth-order valence-electron chi connectivity index (χ4n) is 4.61. The van der Waals surface area contributed by atoms with Gasteiger partial charge in [-0.3, -0.25) is 14.5 Å². The van der Waals surface area contributed by atoms with E-state index in [2.05, 4.69) is 22.4 Å². The van der Waals surface area contributed by atoms with E-state index in [0.717, 1.165) is 18.5 Å². The normalized spacial score (nSPS) is 29.0. The zero-order valence-corrected chi connectivity index (χ0v) is 14.7. The van der Waals surface area contributed by atoms with Crippen molar-refractivity contribution >= 4 is 28.9 Å². The number of amides is 2. The fourth-order valence-corrected chi connectivity index (χ4v) is 4.61. The van der Waals surface area contributed by atoms with Crippen molar-refractivity contribution in [3.63, 3.8) is 0 Å². The summed E-state index contributed by atoms with van der Waals surface area (Å²) in [7, 11) is 0. The van der Waals surface area contributed by atoms with Crippen LogP contribution in [-0.2, 0) is 9.59 Å². The summed E-state index contributed by atoms with van der Waals surface area (Å²) in [5, 5.41) is 8.41. The van der Waals surface area contributed by atoms with Crippen molar-refractivity contribution in [1.82, 2.24) is 0 Å². The lowest BCUT2D eigenvalue weighted by Crippen LogP contribution is -2.38. The lowest BCUT2D eigenvalue weighted by molar-refractivity contribution is -0.124. The molecule has 5 heteroatoms. The van der Waals surface area contributed by atoms with Gasteiger partial charge in [0.1, 0.15) is 0 Å². The zero-order chi connectivity index (χ0) is 18.4. The number of rotatable bonds is 3. The maximum absolute atomic E-state index is 13.0. The van der Waals surface area contributed by atoms with Crippen molar-refractivity contribution < 1.29 is 9.59 Å². The number of allylic oxidation sites excluding steroid dienone is 2. The Balaban J connectivity index is 1.39. The van der Waals surface area contributed by atoms with E-state index in [4.69, 9.17) is 0 Å². The number of imide groups is 1. The summed E-state index contributed by atoms with van der Waals surface area (Å²) in [4.78, 5) is 27.3. The molecule has 134 valence electrons. The van der Waals surface area contributed by atoms with Crippen molar-refractivity contribution in [1.29, 1.82) is 0 Å². The predicted molar refractivity (Wildman–Crippen MR) is 102 cm³/mol. The molecule has 2 fully saturated rings. The molecule has 2 amide bonds. The fraction of sp³-hybridized carbons (Fsp3) is 0.273. The maximum Gasteiger partial charge on any atom is 0.238 e. The van der Waals surface area contributed by atoms with Crippen LogP contribution in [-0.4, -0.2) is 11.8 Å². The van der Waals surface area contributed by atoms with Gasteiger partial charge in [-0.05, 0) is 61.1 Å². The molecule has 4 aliphatic rings. The lowest BCUT2D eigenvalue weighted by atomic mass is 9.63. The third-order valence-corrected chi connectivity index (χ3v) is 5.90. The highest BCUT2D eigenvalue weighted by Gasteiger charge is 2.56. The number of fused-ring (bicyclic) bond motifs is 1. The highest BCUT2D eigenvalue weighted by atomic mass is 16.2. The van der Waals surface area contributed by atoms with Gasteiger partial charge < -0.3 is 0 Å². The second-order valence-corrected chi connectivity index (χ2v) is 7.41. The molecule has 4 atom stereocenters. The van der Waals surface area contributed by atoms with Gasteiger partial charge in [0.05, 0.1) is 28.9 Å². The molecule has 6 rings (SSSR count). The maximum atomic E-state index is 13.0. The molecule has 2 aromatic rings. The average molecular weight is 357 g/mol. The van der Waals surface area contributed by atoms with E-state index >= 15 is 0 Å². The first-order valence-electron chi connectivity index (χ1n) is 9.35. The topological polar surface area (TPSA) is 62.1 Å². The molecule has 0 unspecified atom stereocenters. The molecule has 0 radical (unpaired) electrons. The number of carbonyl (C=O) groups excluding carboxylic acids is 2. The Morgan fingerprint density at radius 3 is 1.74 bits per heavy atom. The number of nitrogens with zero attached hydrogens (tertiary/aromatic N) is 3. The van der Waals surface area contributed by atoms with Crippen LogP contribution in [0.25, 0.3) is 0 Å². The minimum Gasteiger partial charge on any atom is -0.274 e. The first kappa shape index (κ1) is 16.1. The smallest absolute Gasteiger partial charge is 0.238 e. The molecule has 1 saturated heterocycles. The van der Waals surface area contributed by atoms with Crippen LogP contribution in [0.3, 0.4) is 0 Å². The SMILES string of the molecule is O=C1[C@@H]2[C@H](C(=O)N1c1ccc(N=Nc3ccccc3)cc1)[C@H]1C=C[C@H]2CC1. The lowest BCUT2D eigenvalue weighted by Gasteiger charge is -2.38. The molecule has 2 aromatic carbocycles. The highest BCUT2D eigenvalue weighted by Crippen LogP contribution is 2.50. The molecular formula is C22H19N3O2. The average Bonchev–Trinajstić information content (AvgIpc) is 3.01. The Labute approximate surface area is 157 Å². The first-order valence-corrected chi connectivity index (χ1v) is 9.35. The monoisotopic (exact) mass is 357 g/mol. The summed E-state index contributed by atoms with van der Waals surface area (Å²) in [6.45, 7) is 0. The second-order valence-electron chi connectivity index (χ2n) is 7.41. The van der Waals surface area contributed by atoms with Crippen molar-refractivity contribution in [3.05, 3.63) is 66.7 Å². The minimum atomic E-state index is -0.182. The second kappa shape index (κ2) is 6.27. The molecule has 0 N–H and O–H groups in total. The number of carbonyl (C=O) groups is 2. The summed E-state index contributed by atoms with van der Waals surface area (Å²) < 4.78 is 0. The molecule has 1 heterocycles. The van der Waals surface area contributed by atoms with Gasteiger partial charge in [0.15, 0.2) is 0 Å². The van der Waals surface area contributed by atoms with E-state index in [1.165, 1.54) is 4.90 Å². The van der Waals surface area contributed by atoms with Crippen molar-refractivity contribution in [3.8, 4) is 0 Å². The van der Waals surface area contributed by atoms with Gasteiger partial charge >= 0.3 is 0 Å². The standard InChI is InChI=1S/C22H19N3O2/c26-21-19-14-6-7-15(9-8-14)20(19)22(27)25(21)18-12-10-17(11-13-18)24-23-16-4-2-1-3-5-16/h1-7,10-15,19-20H,8-9H2/t14-,15-,19-,20+/m0/s1. The Hall–Kier alpha value is -3.08. The molecule has 0 aromatic heterocycles. The third-order valence-electron chi connectivity index (χ3n) is 5.90. The first-order chi connectivity index (χ1) is 13.2. The quantitative estimate of drug-likeness (QED) is 0.450. The molecule has 0 spiro atoms. The molecular weight excluding hydrogens is 338 g/mol. The molecule has 2 bridgehead atoms. The van der Waals surface area contributed by atoms with Crippen molar-refractivity contribution in [2.75, 3.05) is 4.90 Å². The van der Waals surface area contributed by atoms with Crippen LogP contribution < -0.4 is 4.90 Å². The van der Waals surface area contributed by atoms with Crippen LogP contribution in [0.15, 0.2) is 77.0 Å². The van der Waals surface area contributed by atoms with E-state index in [-0.39, 0.29) is 35.5 Å². The summed E-state index contributed by atoms with van der Waals surface area (Å²) >= 11 is 0. The van der Waals surface area contributed by atoms with Gasteiger partial charge in [-0.15, -0.1) is 0 Å². The van der Waals surface area contributed by atoms with Crippen LogP contribution in [0.1, 0.15) is 12.8 Å². The molecule has 5 nitrogen and oxygen atoms in total. The van der Waals surface area contributed by atoms with Gasteiger partial charge in [0.25, 0.3) is 0 Å². The molecule has 27 heavy (non-hydrogen) atoms. The minimum absolute atomic E-state index is 0.0530. The zero-order valence-electron chi connectivity index (χ0n) is 14.7. The Morgan fingerprint density at radius 1 is 0.704 bits per heavy atom. The summed E-state index contributed by atoms with van der Waals surface area (Å²) in [5.41, 5.74) is 2.08. The third kappa shape index (κ3) is 2.62. The van der Waals surface area contributed by atoms with Gasteiger partial charge in [0, 0.05) is 0 Å². The van der Waals surface area contributed by atoms with E-state index in [9.17, 15) is 9.59 Å². The number of hydrogen-bond acceptors (Lipinski definition) is 4. The van der Waals surface area contributed by atoms with Gasteiger partial charge in [-0.25, -0.2) is 0 Å². The summed E-state index contributed by atoms with van der Waals surface area (Å²) in [6, 6.07) is 16.6. The van der Waals surface area contributed by atoms with Crippen molar-refractivity contribution in [2.24, 2.45) is 33.9 Å². The van der Waals surface area contributed by atoms with Crippen LogP contribution in [0.2, 0.25) is 0 Å². The Morgan fingerprint density at radius 2 is 1.22 bits per heavy atom. The predicted octanol–water partition coefficient (Wildman–Crippen LogP) is 4.80. The van der Waals surface area contributed by atoms with Gasteiger partial charge in [-0.2, -0.15) is 10.2 Å². The van der Waals surface area contributed by atoms with Crippen LogP contribution in [0.5, 0.6) is 0 Å². The number of azo groups is 1.